The second kappa shape index (κ2) is 13.9. The van der Waals surface area contributed by atoms with Crippen LogP contribution in [-0.2, 0) is 19.3 Å². The topological polar surface area (TPSA) is 33.7 Å². The van der Waals surface area contributed by atoms with Crippen LogP contribution in [0.5, 0.6) is 11.5 Å². The van der Waals surface area contributed by atoms with E-state index in [9.17, 15) is 0 Å². The van der Waals surface area contributed by atoms with E-state index in [2.05, 4.69) is 46.1 Å². The first-order chi connectivity index (χ1) is 15.8. The second-order valence-corrected chi connectivity index (χ2v) is 9.70. The molecule has 1 heterocycles. The molecule has 1 aromatic heterocycles. The predicted molar refractivity (Wildman–Crippen MR) is 137 cm³/mol. The molecule has 1 atom stereocenters. The third-order valence-electron chi connectivity index (χ3n) is 6.68. The van der Waals surface area contributed by atoms with Gasteiger partial charge in [0.05, 0.1) is 14.2 Å². The first-order valence-electron chi connectivity index (χ1n) is 12.4. The molecule has 2 aromatic rings. The lowest BCUT2D eigenvalue weighted by Gasteiger charge is -2.36. The molecular weight excluding hydrogens is 416 g/mol. The van der Waals surface area contributed by atoms with Crippen LogP contribution in [0.25, 0.3) is 0 Å². The summed E-state index contributed by atoms with van der Waals surface area (Å²) in [4.78, 5) is 2.75. The van der Waals surface area contributed by atoms with Gasteiger partial charge in [0.1, 0.15) is 0 Å². The molecule has 1 aliphatic carbocycles. The van der Waals surface area contributed by atoms with Crippen LogP contribution >= 0.6 is 11.3 Å². The first kappa shape index (κ1) is 25.1. The normalized spacial score (nSPS) is 15.7. The minimum Gasteiger partial charge on any atom is -0.493 e. The molecule has 1 unspecified atom stereocenters. The third-order valence-corrected chi connectivity index (χ3v) is 7.41. The van der Waals surface area contributed by atoms with Crippen molar-refractivity contribution in [3.8, 4) is 11.5 Å². The summed E-state index contributed by atoms with van der Waals surface area (Å²) in [5.74, 6) is 1.80. The highest BCUT2D eigenvalue weighted by atomic mass is 32.1. The van der Waals surface area contributed by atoms with E-state index in [-0.39, 0.29) is 0 Å². The van der Waals surface area contributed by atoms with Crippen LogP contribution in [0.15, 0.2) is 29.0 Å². The molecule has 0 saturated heterocycles. The Morgan fingerprint density at radius 2 is 1.91 bits per heavy atom. The Labute approximate surface area is 199 Å². The molecule has 0 fully saturated rings. The smallest absolute Gasteiger partial charge is 0.164 e. The van der Waals surface area contributed by atoms with Gasteiger partial charge in [-0.25, -0.2) is 0 Å². The largest absolute Gasteiger partial charge is 0.493 e. The fourth-order valence-electron chi connectivity index (χ4n) is 4.95. The fraction of sp³-hybridized carbons (Fsp3) is 0.630. The van der Waals surface area contributed by atoms with Crippen molar-refractivity contribution >= 4 is 11.3 Å². The number of methoxy groups -OCH3 is 2. The zero-order chi connectivity index (χ0) is 22.6. The Morgan fingerprint density at radius 1 is 1.03 bits per heavy atom. The molecule has 5 heteroatoms. The standard InChI is InChI=1S/C27H42N2O2S/c1-4-17-29(18-8-6-5-7-15-28-16-13-22-14-19-32-21-22)24-10-11-25-23(20-24)9-12-26(30-2)27(25)31-3/h9,12,14,19,21,24,28H,4-8,10-11,13,15-18,20H2,1-3H3. The molecule has 1 aliphatic rings. The van der Waals surface area contributed by atoms with Crippen molar-refractivity contribution in [1.29, 1.82) is 0 Å². The number of nitrogens with zero attached hydrogens (tertiary/aromatic N) is 1. The molecule has 3 rings (SSSR count). The lowest BCUT2D eigenvalue weighted by Crippen LogP contribution is -2.40. The van der Waals surface area contributed by atoms with Gasteiger partial charge in [0.15, 0.2) is 11.5 Å². The van der Waals surface area contributed by atoms with Gasteiger partial charge in [-0.3, -0.25) is 0 Å². The van der Waals surface area contributed by atoms with E-state index in [1.54, 1.807) is 25.6 Å². The van der Waals surface area contributed by atoms with E-state index < -0.39 is 0 Å². The van der Waals surface area contributed by atoms with Crippen LogP contribution < -0.4 is 14.8 Å². The van der Waals surface area contributed by atoms with Gasteiger partial charge in [0, 0.05) is 11.6 Å². The number of hydrogen-bond acceptors (Lipinski definition) is 5. The number of benzene rings is 1. The summed E-state index contributed by atoms with van der Waals surface area (Å²) in [5, 5.41) is 8.01. The van der Waals surface area contributed by atoms with Gasteiger partial charge in [0.25, 0.3) is 0 Å². The molecule has 4 nitrogen and oxygen atoms in total. The summed E-state index contributed by atoms with van der Waals surface area (Å²) in [5.41, 5.74) is 4.25. The summed E-state index contributed by atoms with van der Waals surface area (Å²) in [7, 11) is 3.48. The van der Waals surface area contributed by atoms with Gasteiger partial charge in [-0.2, -0.15) is 11.3 Å². The molecule has 0 amide bonds. The van der Waals surface area contributed by atoms with Crippen molar-refractivity contribution in [2.45, 2.75) is 70.8 Å². The zero-order valence-corrected chi connectivity index (χ0v) is 21.1. The summed E-state index contributed by atoms with van der Waals surface area (Å²) in [6.07, 6.45) is 11.1. The van der Waals surface area contributed by atoms with Gasteiger partial charge in [-0.1, -0.05) is 25.8 Å². The third kappa shape index (κ3) is 7.23. The van der Waals surface area contributed by atoms with Crippen molar-refractivity contribution in [3.05, 3.63) is 45.6 Å². The molecule has 0 spiro atoms. The SMILES string of the molecule is CCCN(CCCCCCNCCc1ccsc1)C1CCc2c(ccc(OC)c2OC)C1. The number of rotatable bonds is 15. The number of fused-ring (bicyclic) bond motifs is 1. The Hall–Kier alpha value is -1.56. The van der Waals surface area contributed by atoms with Crippen LogP contribution in [0.1, 0.15) is 62.1 Å². The van der Waals surface area contributed by atoms with Gasteiger partial charge in [-0.15, -0.1) is 0 Å². The van der Waals surface area contributed by atoms with Crippen molar-refractivity contribution in [2.75, 3.05) is 40.4 Å². The zero-order valence-electron chi connectivity index (χ0n) is 20.3. The average molecular weight is 459 g/mol. The molecule has 32 heavy (non-hydrogen) atoms. The van der Waals surface area contributed by atoms with Crippen LogP contribution in [0, 0.1) is 0 Å². The van der Waals surface area contributed by atoms with E-state index in [0.29, 0.717) is 6.04 Å². The van der Waals surface area contributed by atoms with Crippen LogP contribution in [0.2, 0.25) is 0 Å². The van der Waals surface area contributed by atoms with Crippen LogP contribution in [-0.4, -0.2) is 51.3 Å². The second-order valence-electron chi connectivity index (χ2n) is 8.92. The molecule has 178 valence electrons. The summed E-state index contributed by atoms with van der Waals surface area (Å²) < 4.78 is 11.2. The minimum atomic E-state index is 0.652. The van der Waals surface area contributed by atoms with E-state index in [1.807, 2.05) is 0 Å². The van der Waals surface area contributed by atoms with Crippen molar-refractivity contribution in [2.24, 2.45) is 0 Å². The van der Waals surface area contributed by atoms with Gasteiger partial charge >= 0.3 is 0 Å². The highest BCUT2D eigenvalue weighted by Crippen LogP contribution is 2.38. The monoisotopic (exact) mass is 458 g/mol. The summed E-state index contributed by atoms with van der Waals surface area (Å²) >= 11 is 1.79. The Balaban J connectivity index is 1.36. The highest BCUT2D eigenvalue weighted by Gasteiger charge is 2.26. The lowest BCUT2D eigenvalue weighted by molar-refractivity contribution is 0.175. The molecule has 1 N–H and O–H groups in total. The molecular formula is C27H42N2O2S. The highest BCUT2D eigenvalue weighted by molar-refractivity contribution is 7.07. The van der Waals surface area contributed by atoms with E-state index in [0.717, 1.165) is 43.9 Å². The first-order valence-corrected chi connectivity index (χ1v) is 13.4. The predicted octanol–water partition coefficient (Wildman–Crippen LogP) is 5.73. The number of unbranched alkanes of at least 4 members (excludes halogenated alkanes) is 3. The quantitative estimate of drug-likeness (QED) is 0.346. The van der Waals surface area contributed by atoms with Crippen molar-refractivity contribution < 1.29 is 9.47 Å². The molecule has 1 aromatic carbocycles. The lowest BCUT2D eigenvalue weighted by atomic mass is 9.86. The maximum atomic E-state index is 5.68. The van der Waals surface area contributed by atoms with Crippen molar-refractivity contribution in [1.82, 2.24) is 10.2 Å². The Morgan fingerprint density at radius 3 is 2.66 bits per heavy atom. The molecule has 0 bridgehead atoms. The minimum absolute atomic E-state index is 0.652. The van der Waals surface area contributed by atoms with Crippen LogP contribution in [0.3, 0.4) is 0 Å². The molecule has 0 saturated carbocycles. The van der Waals surface area contributed by atoms with Crippen molar-refractivity contribution in [3.63, 3.8) is 0 Å². The molecule has 0 aliphatic heterocycles. The maximum Gasteiger partial charge on any atom is 0.164 e. The number of hydrogen-bond donors (Lipinski definition) is 1. The average Bonchev–Trinajstić information content (AvgIpc) is 3.34. The van der Waals surface area contributed by atoms with Crippen LogP contribution in [0.4, 0.5) is 0 Å². The van der Waals surface area contributed by atoms with Gasteiger partial charge < -0.3 is 19.7 Å². The Bertz CT molecular complexity index is 778. The summed E-state index contributed by atoms with van der Waals surface area (Å²) in [6.45, 7) is 6.98. The molecule has 0 radical (unpaired) electrons. The maximum absolute atomic E-state index is 5.68. The number of ether oxygens (including phenoxy) is 2. The van der Waals surface area contributed by atoms with E-state index in [4.69, 9.17) is 9.47 Å². The summed E-state index contributed by atoms with van der Waals surface area (Å²) in [6, 6.07) is 7.20. The number of thiophene rings is 1. The van der Waals surface area contributed by atoms with Gasteiger partial charge in [0.2, 0.25) is 0 Å². The van der Waals surface area contributed by atoms with Gasteiger partial charge in [-0.05, 0) is 105 Å². The van der Waals surface area contributed by atoms with E-state index >= 15 is 0 Å². The van der Waals surface area contributed by atoms with E-state index in [1.165, 1.54) is 68.3 Å². The fourth-order valence-corrected chi connectivity index (χ4v) is 5.65. The Kier molecular flexibility index (Phi) is 10.9. The number of nitrogens with one attached hydrogen (secondary N) is 1.